The fourth-order valence-electron chi connectivity index (χ4n) is 1.81. The van der Waals surface area contributed by atoms with Gasteiger partial charge < -0.3 is 15.2 Å². The van der Waals surface area contributed by atoms with Crippen LogP contribution in [-0.2, 0) is 18.5 Å². The number of anilines is 1. The summed E-state index contributed by atoms with van der Waals surface area (Å²) in [6.45, 7) is -1.88. The van der Waals surface area contributed by atoms with E-state index in [4.69, 9.17) is 5.11 Å². The molecule has 0 saturated heterocycles. The summed E-state index contributed by atoms with van der Waals surface area (Å²) in [5.41, 5.74) is -0.298. The Balaban J connectivity index is 2.01. The number of aromatic carboxylic acids is 1. The topological polar surface area (TPSA) is 111 Å². The highest BCUT2D eigenvalue weighted by molar-refractivity contribution is 6.09. The molecule has 0 saturated carbocycles. The van der Waals surface area contributed by atoms with Crippen LogP contribution in [0, 0.1) is 0 Å². The molecule has 0 aliphatic heterocycles. The minimum Gasteiger partial charge on any atom is -0.478 e. The number of nitrogens with zero attached hydrogens (tertiary/aromatic N) is 4. The average Bonchev–Trinajstić information content (AvgIpc) is 3.04. The van der Waals surface area contributed by atoms with Crippen molar-refractivity contribution in [3.63, 3.8) is 0 Å². The van der Waals surface area contributed by atoms with Gasteiger partial charge in [0.15, 0.2) is 0 Å². The highest BCUT2D eigenvalue weighted by Gasteiger charge is 2.27. The van der Waals surface area contributed by atoms with E-state index in [0.29, 0.717) is 0 Å². The number of hydrogen-bond acceptors (Lipinski definition) is 5. The molecule has 1 amide bonds. The van der Waals surface area contributed by atoms with Crippen LogP contribution in [0.1, 0.15) is 20.8 Å². The molecule has 9 nitrogen and oxygen atoms in total. The summed E-state index contributed by atoms with van der Waals surface area (Å²) in [6.07, 6.45) is -0.987. The van der Waals surface area contributed by atoms with E-state index >= 15 is 0 Å². The zero-order valence-corrected chi connectivity index (χ0v) is 12.2. The number of nitrogens with one attached hydrogen (secondary N) is 1. The molecule has 0 aliphatic carbocycles. The van der Waals surface area contributed by atoms with Gasteiger partial charge in [0, 0.05) is 7.05 Å². The van der Waals surface area contributed by atoms with Crippen molar-refractivity contribution >= 4 is 17.6 Å². The summed E-state index contributed by atoms with van der Waals surface area (Å²) in [6, 6.07) is 0. The molecule has 0 radical (unpaired) electrons. The molecular weight excluding hydrogens is 335 g/mol. The Labute approximate surface area is 132 Å². The number of carboxylic acid groups (broad SMARTS) is 1. The molecule has 2 heterocycles. The minimum absolute atomic E-state index is 0.160. The van der Waals surface area contributed by atoms with E-state index in [1.165, 1.54) is 19.4 Å². The lowest BCUT2D eigenvalue weighted by Crippen LogP contribution is -2.19. The van der Waals surface area contributed by atoms with Gasteiger partial charge in [0.2, 0.25) is 0 Å². The van der Waals surface area contributed by atoms with Gasteiger partial charge in [0.05, 0.1) is 24.3 Å². The third kappa shape index (κ3) is 4.32. The molecular formula is C12H12F3N5O4. The Bertz CT molecular complexity index is 752. The van der Waals surface area contributed by atoms with Gasteiger partial charge in [-0.1, -0.05) is 0 Å². The molecule has 0 aromatic carbocycles. The Kier molecular flexibility index (Phi) is 4.87. The van der Waals surface area contributed by atoms with Gasteiger partial charge in [-0.2, -0.15) is 23.4 Å². The van der Waals surface area contributed by atoms with Crippen LogP contribution in [0.15, 0.2) is 18.6 Å². The second-order valence-corrected chi connectivity index (χ2v) is 4.65. The molecule has 2 aromatic rings. The Morgan fingerprint density at radius 1 is 1.33 bits per heavy atom. The fourth-order valence-corrected chi connectivity index (χ4v) is 1.81. The van der Waals surface area contributed by atoms with Gasteiger partial charge in [-0.05, 0) is 0 Å². The van der Waals surface area contributed by atoms with Crippen molar-refractivity contribution in [2.45, 2.75) is 12.9 Å². The van der Waals surface area contributed by atoms with Gasteiger partial charge in [0.1, 0.15) is 24.6 Å². The van der Waals surface area contributed by atoms with Crippen LogP contribution in [0.5, 0.6) is 0 Å². The first-order chi connectivity index (χ1) is 11.2. The number of carboxylic acids is 1. The van der Waals surface area contributed by atoms with Crippen LogP contribution in [0.25, 0.3) is 0 Å². The monoisotopic (exact) mass is 347 g/mol. The van der Waals surface area contributed by atoms with Gasteiger partial charge >= 0.3 is 12.1 Å². The molecule has 0 unspecified atom stereocenters. The molecule has 24 heavy (non-hydrogen) atoms. The van der Waals surface area contributed by atoms with Crippen LogP contribution < -0.4 is 5.32 Å². The molecule has 0 spiro atoms. The lowest BCUT2D eigenvalue weighted by Gasteiger charge is -2.07. The number of halogens is 3. The van der Waals surface area contributed by atoms with Crippen molar-refractivity contribution in [2.75, 3.05) is 11.9 Å². The van der Waals surface area contributed by atoms with Crippen molar-refractivity contribution in [3.8, 4) is 0 Å². The van der Waals surface area contributed by atoms with Crippen molar-refractivity contribution in [1.82, 2.24) is 19.6 Å². The maximum atomic E-state index is 12.1. The SMILES string of the molecule is Cn1ncc(C(=O)O)c1C(=O)Nc1cnn(COCC(F)(F)F)c1. The van der Waals surface area contributed by atoms with Gasteiger partial charge in [0.25, 0.3) is 5.91 Å². The molecule has 0 bridgehead atoms. The van der Waals surface area contributed by atoms with Gasteiger partial charge in [-0.15, -0.1) is 0 Å². The van der Waals surface area contributed by atoms with Crippen molar-refractivity contribution in [3.05, 3.63) is 29.8 Å². The van der Waals surface area contributed by atoms with E-state index < -0.39 is 31.4 Å². The van der Waals surface area contributed by atoms with E-state index in [-0.39, 0.29) is 16.9 Å². The number of aromatic nitrogens is 4. The first kappa shape index (κ1) is 17.5. The molecule has 0 aliphatic rings. The van der Waals surface area contributed by atoms with E-state index in [1.54, 1.807) is 0 Å². The number of alkyl halides is 3. The van der Waals surface area contributed by atoms with Gasteiger partial charge in [-0.25, -0.2) is 9.48 Å². The van der Waals surface area contributed by atoms with Crippen molar-refractivity contribution in [1.29, 1.82) is 0 Å². The standard InChI is InChI=1S/C12H12F3N5O4/c1-19-9(8(3-16-19)11(22)23)10(21)18-7-2-17-20(4-7)6-24-5-12(13,14)15/h2-4H,5-6H2,1H3,(H,18,21)(H,22,23). The summed E-state index contributed by atoms with van der Waals surface area (Å²) in [4.78, 5) is 23.2. The molecule has 12 heteroatoms. The first-order valence-electron chi connectivity index (χ1n) is 6.41. The second-order valence-electron chi connectivity index (χ2n) is 4.65. The Morgan fingerprint density at radius 2 is 2.04 bits per heavy atom. The zero-order chi connectivity index (χ0) is 17.9. The number of amides is 1. The average molecular weight is 347 g/mol. The number of carbonyl (C=O) groups excluding carboxylic acids is 1. The number of rotatable bonds is 6. The van der Waals surface area contributed by atoms with E-state index in [2.05, 4.69) is 20.3 Å². The van der Waals surface area contributed by atoms with Crippen LogP contribution >= 0.6 is 0 Å². The summed E-state index contributed by atoms with van der Waals surface area (Å²) >= 11 is 0. The molecule has 2 aromatic heterocycles. The summed E-state index contributed by atoms with van der Waals surface area (Å²) < 4.78 is 42.4. The number of aryl methyl sites for hydroxylation is 1. The lowest BCUT2D eigenvalue weighted by molar-refractivity contribution is -0.182. The van der Waals surface area contributed by atoms with Gasteiger partial charge in [-0.3, -0.25) is 9.48 Å². The molecule has 2 N–H and O–H groups in total. The largest absolute Gasteiger partial charge is 0.478 e. The van der Waals surface area contributed by atoms with Crippen molar-refractivity contribution in [2.24, 2.45) is 7.05 Å². The highest BCUT2D eigenvalue weighted by atomic mass is 19.4. The van der Waals surface area contributed by atoms with Crippen LogP contribution in [-0.4, -0.2) is 49.3 Å². The first-order valence-corrected chi connectivity index (χ1v) is 6.41. The highest BCUT2D eigenvalue weighted by Crippen LogP contribution is 2.15. The number of ether oxygens (including phenoxy) is 1. The predicted molar refractivity (Wildman–Crippen MR) is 72.4 cm³/mol. The predicted octanol–water partition coefficient (Wildman–Crippen LogP) is 1.10. The lowest BCUT2D eigenvalue weighted by atomic mass is 10.2. The van der Waals surface area contributed by atoms with Crippen LogP contribution in [0.4, 0.5) is 18.9 Å². The maximum absolute atomic E-state index is 12.1. The van der Waals surface area contributed by atoms with Crippen molar-refractivity contribution < 1.29 is 32.6 Å². The quantitative estimate of drug-likeness (QED) is 0.810. The Hall–Kier alpha value is -2.89. The summed E-state index contributed by atoms with van der Waals surface area (Å²) in [5.74, 6) is -2.06. The normalized spacial score (nSPS) is 11.5. The van der Waals surface area contributed by atoms with E-state index in [0.717, 1.165) is 15.6 Å². The summed E-state index contributed by atoms with van der Waals surface area (Å²) in [5, 5.41) is 18.8. The Morgan fingerprint density at radius 3 is 2.67 bits per heavy atom. The van der Waals surface area contributed by atoms with Crippen LogP contribution in [0.3, 0.4) is 0 Å². The molecule has 0 atom stereocenters. The third-order valence-electron chi connectivity index (χ3n) is 2.76. The van der Waals surface area contributed by atoms with Crippen LogP contribution in [0.2, 0.25) is 0 Å². The third-order valence-corrected chi connectivity index (χ3v) is 2.76. The summed E-state index contributed by atoms with van der Waals surface area (Å²) in [7, 11) is 1.40. The fraction of sp³-hybridized carbons (Fsp3) is 0.333. The smallest absolute Gasteiger partial charge is 0.411 e. The van der Waals surface area contributed by atoms with E-state index in [1.807, 2.05) is 0 Å². The zero-order valence-electron chi connectivity index (χ0n) is 12.2. The number of hydrogen-bond donors (Lipinski definition) is 2. The maximum Gasteiger partial charge on any atom is 0.411 e. The number of carbonyl (C=O) groups is 2. The molecule has 130 valence electrons. The second kappa shape index (κ2) is 6.70. The molecule has 0 fully saturated rings. The minimum atomic E-state index is -4.45. The molecule has 2 rings (SSSR count). The van der Waals surface area contributed by atoms with E-state index in [9.17, 15) is 22.8 Å².